The highest BCUT2D eigenvalue weighted by atomic mass is 16.6. The molecule has 1 unspecified atom stereocenters. The van der Waals surface area contributed by atoms with Gasteiger partial charge >= 0.3 is 6.09 Å². The van der Waals surface area contributed by atoms with Gasteiger partial charge in [0.25, 0.3) is 11.8 Å². The van der Waals surface area contributed by atoms with Gasteiger partial charge < -0.3 is 34.7 Å². The average molecular weight is 551 g/mol. The lowest BCUT2D eigenvalue weighted by molar-refractivity contribution is -0.136. The number of imide groups is 2. The summed E-state index contributed by atoms with van der Waals surface area (Å²) >= 11 is 0. The number of amides is 6. The smallest absolute Gasteiger partial charge is 0.404 e. The Labute approximate surface area is 223 Å². The number of benzene rings is 1. The second-order valence-electron chi connectivity index (χ2n) is 8.28. The number of piperidine rings is 1. The monoisotopic (exact) mass is 550 g/mol. The van der Waals surface area contributed by atoms with Crippen LogP contribution in [0.5, 0.6) is 0 Å². The van der Waals surface area contributed by atoms with Crippen LogP contribution in [-0.4, -0.2) is 106 Å². The molecule has 2 heterocycles. The average Bonchev–Trinajstić information content (AvgIpc) is 3.14. The molecule has 0 bridgehead atoms. The molecule has 2 aliphatic heterocycles. The van der Waals surface area contributed by atoms with Crippen molar-refractivity contribution >= 4 is 41.3 Å². The lowest BCUT2D eigenvalue weighted by atomic mass is 10.0. The van der Waals surface area contributed by atoms with Crippen molar-refractivity contribution in [2.24, 2.45) is 5.73 Å². The van der Waals surface area contributed by atoms with Crippen molar-refractivity contribution in [2.45, 2.75) is 18.9 Å². The fourth-order valence-corrected chi connectivity index (χ4v) is 3.83. The molecule has 1 atom stereocenters. The highest BCUT2D eigenvalue weighted by Crippen LogP contribution is 2.32. The van der Waals surface area contributed by atoms with E-state index in [1.807, 2.05) is 0 Å². The molecular formula is C24H30N4O11. The van der Waals surface area contributed by atoms with E-state index in [2.05, 4.69) is 15.4 Å². The Morgan fingerprint density at radius 2 is 1.51 bits per heavy atom. The van der Waals surface area contributed by atoms with Gasteiger partial charge in [-0.1, -0.05) is 6.07 Å². The molecule has 1 aromatic carbocycles. The summed E-state index contributed by atoms with van der Waals surface area (Å²) in [5.74, 6) is -3.12. The number of hydrogen-bond acceptors (Lipinski definition) is 11. The van der Waals surface area contributed by atoms with Crippen LogP contribution >= 0.6 is 0 Å². The Morgan fingerprint density at radius 1 is 0.897 bits per heavy atom. The van der Waals surface area contributed by atoms with E-state index in [4.69, 9.17) is 24.7 Å². The van der Waals surface area contributed by atoms with Crippen LogP contribution in [0.15, 0.2) is 18.2 Å². The number of hydrogen-bond donors (Lipinski definition) is 3. The number of fused-ring (bicyclic) bond motifs is 1. The Kier molecular flexibility index (Phi) is 11.3. The van der Waals surface area contributed by atoms with E-state index in [-0.39, 0.29) is 62.7 Å². The maximum Gasteiger partial charge on any atom is 0.404 e. The normalized spacial score (nSPS) is 16.7. The third-order valence-corrected chi connectivity index (χ3v) is 5.56. The minimum absolute atomic E-state index is 0.00738. The minimum atomic E-state index is -1.10. The van der Waals surface area contributed by atoms with Gasteiger partial charge in [0.05, 0.1) is 63.1 Å². The molecule has 0 radical (unpaired) electrons. The van der Waals surface area contributed by atoms with Crippen LogP contribution in [0.1, 0.15) is 33.6 Å². The molecule has 6 amide bonds. The van der Waals surface area contributed by atoms with Gasteiger partial charge in [-0.25, -0.2) is 4.79 Å². The van der Waals surface area contributed by atoms with Crippen molar-refractivity contribution in [1.82, 2.24) is 10.2 Å². The molecule has 1 saturated heterocycles. The summed E-state index contributed by atoms with van der Waals surface area (Å²) in [6.45, 7) is 1.59. The molecule has 0 aromatic heterocycles. The first-order valence-electron chi connectivity index (χ1n) is 12.2. The van der Waals surface area contributed by atoms with E-state index in [9.17, 15) is 28.8 Å². The SMILES string of the molecule is NC(=O)OCCOCCOCCOCCOCC(=O)Nc1cccc2c1C(=O)N(C1CCC(=O)NC1=O)C2=O. The number of rotatable bonds is 16. The zero-order chi connectivity index (χ0) is 28.2. The van der Waals surface area contributed by atoms with Crippen LogP contribution in [-0.2, 0) is 38.1 Å². The van der Waals surface area contributed by atoms with E-state index in [0.717, 1.165) is 4.90 Å². The van der Waals surface area contributed by atoms with Gasteiger partial charge in [-0.05, 0) is 18.6 Å². The molecule has 212 valence electrons. The molecule has 4 N–H and O–H groups in total. The van der Waals surface area contributed by atoms with E-state index in [0.29, 0.717) is 26.4 Å². The molecular weight excluding hydrogens is 520 g/mol. The molecule has 1 aromatic rings. The Hall–Kier alpha value is -3.92. The Bertz CT molecular complexity index is 1090. The first-order chi connectivity index (χ1) is 18.8. The minimum Gasteiger partial charge on any atom is -0.447 e. The van der Waals surface area contributed by atoms with E-state index in [1.54, 1.807) is 0 Å². The van der Waals surface area contributed by atoms with Crippen molar-refractivity contribution < 1.29 is 52.5 Å². The molecule has 15 heteroatoms. The van der Waals surface area contributed by atoms with Gasteiger partial charge in [-0.2, -0.15) is 0 Å². The Morgan fingerprint density at radius 3 is 2.13 bits per heavy atom. The fourth-order valence-electron chi connectivity index (χ4n) is 3.83. The second-order valence-corrected chi connectivity index (χ2v) is 8.28. The summed E-state index contributed by atoms with van der Waals surface area (Å²) in [5.41, 5.74) is 4.97. The van der Waals surface area contributed by atoms with E-state index >= 15 is 0 Å². The van der Waals surface area contributed by atoms with Crippen molar-refractivity contribution in [2.75, 3.05) is 64.8 Å². The standard InChI is InChI=1S/C24H30N4O11/c25-24(34)39-13-12-37-9-8-35-6-7-36-10-11-38-14-19(30)26-16-3-1-2-15-20(16)23(33)28(22(15)32)17-4-5-18(29)27-21(17)31/h1-3,17H,4-14H2,(H2,25,34)(H,26,30)(H,27,29,31). The van der Waals surface area contributed by atoms with Gasteiger partial charge in [-0.3, -0.25) is 34.2 Å². The predicted molar refractivity (Wildman–Crippen MR) is 131 cm³/mol. The lowest BCUT2D eigenvalue weighted by Gasteiger charge is -2.27. The summed E-state index contributed by atoms with van der Waals surface area (Å²) in [6, 6.07) is 3.31. The largest absolute Gasteiger partial charge is 0.447 e. The topological polar surface area (TPSA) is 202 Å². The zero-order valence-electron chi connectivity index (χ0n) is 21.1. The summed E-state index contributed by atoms with van der Waals surface area (Å²) in [6.07, 6.45) is -0.817. The third-order valence-electron chi connectivity index (χ3n) is 5.56. The van der Waals surface area contributed by atoms with Gasteiger partial charge in [-0.15, -0.1) is 0 Å². The van der Waals surface area contributed by atoms with Crippen molar-refractivity contribution in [3.05, 3.63) is 29.3 Å². The molecule has 3 rings (SSSR count). The number of ether oxygens (including phenoxy) is 5. The van der Waals surface area contributed by atoms with Crippen LogP contribution in [0.2, 0.25) is 0 Å². The lowest BCUT2D eigenvalue weighted by Crippen LogP contribution is -2.54. The molecule has 1 fully saturated rings. The van der Waals surface area contributed by atoms with Gasteiger partial charge in [0, 0.05) is 6.42 Å². The van der Waals surface area contributed by atoms with Gasteiger partial charge in [0.2, 0.25) is 17.7 Å². The molecule has 39 heavy (non-hydrogen) atoms. The van der Waals surface area contributed by atoms with Crippen molar-refractivity contribution in [3.8, 4) is 0 Å². The first kappa shape index (κ1) is 29.6. The molecule has 0 aliphatic carbocycles. The second kappa shape index (κ2) is 14.9. The Balaban J connectivity index is 1.32. The number of carbonyl (C=O) groups excluding carboxylic acids is 6. The molecule has 2 aliphatic rings. The number of primary amides is 1. The van der Waals surface area contributed by atoms with Gasteiger partial charge in [0.1, 0.15) is 19.3 Å². The quantitative estimate of drug-likeness (QED) is 0.172. The molecule has 0 spiro atoms. The maximum atomic E-state index is 13.0. The summed E-state index contributed by atoms with van der Waals surface area (Å²) < 4.78 is 25.6. The van der Waals surface area contributed by atoms with Crippen LogP contribution in [0.25, 0.3) is 0 Å². The molecule has 0 saturated carbocycles. The summed E-state index contributed by atoms with van der Waals surface area (Å²) in [7, 11) is 0. The van der Waals surface area contributed by atoms with E-state index < -0.39 is 41.7 Å². The maximum absolute atomic E-state index is 13.0. The number of anilines is 1. The number of carbonyl (C=O) groups is 6. The number of nitrogens with zero attached hydrogens (tertiary/aromatic N) is 1. The summed E-state index contributed by atoms with van der Waals surface area (Å²) in [5, 5.41) is 4.70. The predicted octanol–water partition coefficient (Wildman–Crippen LogP) is -0.812. The highest BCUT2D eigenvalue weighted by molar-refractivity contribution is 6.26. The number of nitrogens with one attached hydrogen (secondary N) is 2. The van der Waals surface area contributed by atoms with Crippen LogP contribution in [0.4, 0.5) is 10.5 Å². The van der Waals surface area contributed by atoms with Gasteiger partial charge in [0.15, 0.2) is 0 Å². The summed E-state index contributed by atoms with van der Waals surface area (Å²) in [4.78, 5) is 73.1. The van der Waals surface area contributed by atoms with Crippen molar-refractivity contribution in [3.63, 3.8) is 0 Å². The first-order valence-corrected chi connectivity index (χ1v) is 12.2. The molecule has 15 nitrogen and oxygen atoms in total. The van der Waals surface area contributed by atoms with Crippen LogP contribution < -0.4 is 16.4 Å². The fraction of sp³-hybridized carbons (Fsp3) is 0.500. The zero-order valence-corrected chi connectivity index (χ0v) is 21.1. The van der Waals surface area contributed by atoms with E-state index in [1.165, 1.54) is 18.2 Å². The highest BCUT2D eigenvalue weighted by Gasteiger charge is 2.45. The third kappa shape index (κ3) is 8.54. The van der Waals surface area contributed by atoms with Crippen LogP contribution in [0, 0.1) is 0 Å². The van der Waals surface area contributed by atoms with Crippen molar-refractivity contribution in [1.29, 1.82) is 0 Å². The van der Waals surface area contributed by atoms with Crippen LogP contribution in [0.3, 0.4) is 0 Å². The number of nitrogens with two attached hydrogens (primary N) is 1.